The molecule has 3 heterocycles. The Morgan fingerprint density at radius 2 is 1.76 bits per heavy atom. The third-order valence-electron chi connectivity index (χ3n) is 5.77. The number of nitrogens with zero attached hydrogens (tertiary/aromatic N) is 3. The van der Waals surface area contributed by atoms with E-state index in [-0.39, 0.29) is 5.57 Å². The maximum Gasteiger partial charge on any atom is 0.296 e. The molecule has 172 valence electrons. The van der Waals surface area contributed by atoms with E-state index in [1.165, 1.54) is 51.8 Å². The summed E-state index contributed by atoms with van der Waals surface area (Å²) < 4.78 is 14.6. The predicted octanol–water partition coefficient (Wildman–Crippen LogP) is 5.91. The number of aliphatic hydroxyl groups is 1. The second-order valence-corrected chi connectivity index (χ2v) is 10.5. The van der Waals surface area contributed by atoms with Gasteiger partial charge in [0.05, 0.1) is 37.4 Å². The Hall–Kier alpha value is -3.43. The highest BCUT2D eigenvalue weighted by molar-refractivity contribution is 7.22. The van der Waals surface area contributed by atoms with Crippen LogP contribution in [0.25, 0.3) is 10.2 Å². The van der Waals surface area contributed by atoms with E-state index in [9.17, 15) is 19.1 Å². The van der Waals surface area contributed by atoms with Crippen LogP contribution in [0.1, 0.15) is 43.1 Å². The van der Waals surface area contributed by atoms with E-state index >= 15 is 0 Å². The van der Waals surface area contributed by atoms with Gasteiger partial charge in [-0.3, -0.25) is 14.5 Å². The van der Waals surface area contributed by atoms with Crippen LogP contribution >= 0.6 is 22.7 Å². The number of carbonyl (C=O) groups excluding carboxylic acids is 2. The third kappa shape index (κ3) is 3.52. The van der Waals surface area contributed by atoms with Crippen LogP contribution in [0.4, 0.5) is 9.52 Å². The number of ketones is 1. The molecular formula is C25H20FN3O3S2. The number of Topliss-reactive ketones (excluding diaryl/α,β-unsaturated/α-hetero) is 1. The minimum Gasteiger partial charge on any atom is -0.503 e. The van der Waals surface area contributed by atoms with Gasteiger partial charge in [0.25, 0.3) is 5.91 Å². The van der Waals surface area contributed by atoms with Crippen LogP contribution in [0.5, 0.6) is 0 Å². The number of aliphatic hydroxyl groups excluding tert-OH is 1. The number of anilines is 1. The summed E-state index contributed by atoms with van der Waals surface area (Å²) >= 11 is 2.52. The van der Waals surface area contributed by atoms with Crippen molar-refractivity contribution < 1.29 is 19.1 Å². The highest BCUT2D eigenvalue weighted by atomic mass is 32.1. The van der Waals surface area contributed by atoms with Crippen molar-refractivity contribution in [3.63, 3.8) is 0 Å². The number of carbonyl (C=O) groups is 2. The fourth-order valence-corrected chi connectivity index (χ4v) is 6.36. The number of fused-ring (bicyclic) bond motifs is 1. The molecule has 1 unspecified atom stereocenters. The fraction of sp³-hybridized carbons (Fsp3) is 0.200. The molecule has 0 spiro atoms. The summed E-state index contributed by atoms with van der Waals surface area (Å²) in [5.41, 5.74) is 3.75. The molecule has 2 aromatic heterocycles. The van der Waals surface area contributed by atoms with Crippen molar-refractivity contribution in [3.8, 4) is 0 Å². The molecule has 0 bridgehead atoms. The molecular weight excluding hydrogens is 473 g/mol. The number of amides is 1. The van der Waals surface area contributed by atoms with Gasteiger partial charge < -0.3 is 5.11 Å². The topological polar surface area (TPSA) is 83.4 Å². The van der Waals surface area contributed by atoms with Crippen molar-refractivity contribution in [2.24, 2.45) is 0 Å². The van der Waals surface area contributed by atoms with E-state index in [1.54, 1.807) is 13.8 Å². The zero-order valence-corrected chi connectivity index (χ0v) is 20.5. The normalized spacial score (nSPS) is 16.2. The predicted molar refractivity (Wildman–Crippen MR) is 131 cm³/mol. The van der Waals surface area contributed by atoms with E-state index in [4.69, 9.17) is 4.98 Å². The van der Waals surface area contributed by atoms with Crippen LogP contribution in [-0.2, 0) is 4.79 Å². The Bertz CT molecular complexity index is 1520. The van der Waals surface area contributed by atoms with Gasteiger partial charge in [0, 0.05) is 0 Å². The van der Waals surface area contributed by atoms with Gasteiger partial charge in [0.2, 0.25) is 5.78 Å². The second-order valence-electron chi connectivity index (χ2n) is 8.29. The zero-order chi connectivity index (χ0) is 24.3. The molecule has 5 rings (SSSR count). The number of benzene rings is 2. The van der Waals surface area contributed by atoms with Gasteiger partial charge >= 0.3 is 0 Å². The number of hydrogen-bond donors (Lipinski definition) is 1. The van der Waals surface area contributed by atoms with Gasteiger partial charge in [-0.25, -0.2) is 14.4 Å². The Labute approximate surface area is 203 Å². The number of halogens is 1. The van der Waals surface area contributed by atoms with Gasteiger partial charge in [0.15, 0.2) is 10.9 Å². The summed E-state index contributed by atoms with van der Waals surface area (Å²) in [4.78, 5) is 37.7. The molecule has 2 aromatic carbocycles. The first-order valence-electron chi connectivity index (χ1n) is 10.5. The lowest BCUT2D eigenvalue weighted by molar-refractivity contribution is -0.117. The van der Waals surface area contributed by atoms with Gasteiger partial charge in [-0.1, -0.05) is 29.5 Å². The molecule has 0 aliphatic carbocycles. The lowest BCUT2D eigenvalue weighted by Crippen LogP contribution is -2.31. The largest absolute Gasteiger partial charge is 0.503 e. The van der Waals surface area contributed by atoms with Crippen LogP contribution in [0.3, 0.4) is 0 Å². The van der Waals surface area contributed by atoms with Gasteiger partial charge in [-0.2, -0.15) is 0 Å². The first-order chi connectivity index (χ1) is 16.2. The van der Waals surface area contributed by atoms with E-state index in [1.807, 2.05) is 26.0 Å². The summed E-state index contributed by atoms with van der Waals surface area (Å²) in [6.07, 6.45) is 0. The maximum absolute atomic E-state index is 13.7. The van der Waals surface area contributed by atoms with E-state index in [0.717, 1.165) is 21.3 Å². The molecule has 0 saturated carbocycles. The minimum absolute atomic E-state index is 0.0597. The molecule has 0 fully saturated rings. The summed E-state index contributed by atoms with van der Waals surface area (Å²) in [7, 11) is 0. The second kappa shape index (κ2) is 8.11. The van der Waals surface area contributed by atoms with Gasteiger partial charge in [-0.15, -0.1) is 11.3 Å². The molecule has 1 atom stereocenters. The first-order valence-corrected chi connectivity index (χ1v) is 12.2. The molecule has 34 heavy (non-hydrogen) atoms. The molecule has 1 amide bonds. The van der Waals surface area contributed by atoms with Gasteiger partial charge in [-0.05, 0) is 62.6 Å². The van der Waals surface area contributed by atoms with Crippen LogP contribution in [0, 0.1) is 33.5 Å². The highest BCUT2D eigenvalue weighted by Gasteiger charge is 2.46. The highest BCUT2D eigenvalue weighted by Crippen LogP contribution is 2.45. The summed E-state index contributed by atoms with van der Waals surface area (Å²) in [5, 5.41) is 12.0. The monoisotopic (exact) mass is 493 g/mol. The quantitative estimate of drug-likeness (QED) is 0.358. The van der Waals surface area contributed by atoms with Crippen LogP contribution in [0.15, 0.2) is 47.7 Å². The SMILES string of the molecule is Cc1cc(C)c2nc(N3C(=O)C(O)=C(C(=O)c4sc(C)nc4C)C3c3ccc(F)cc3)sc2c1. The number of hydrogen-bond acceptors (Lipinski definition) is 7. The zero-order valence-electron chi connectivity index (χ0n) is 18.8. The molecule has 1 N–H and O–H groups in total. The van der Waals surface area contributed by atoms with Crippen LogP contribution in [0.2, 0.25) is 0 Å². The van der Waals surface area contributed by atoms with Crippen molar-refractivity contribution in [2.45, 2.75) is 33.7 Å². The maximum atomic E-state index is 13.7. The summed E-state index contributed by atoms with van der Waals surface area (Å²) in [6.45, 7) is 7.44. The lowest BCUT2D eigenvalue weighted by Gasteiger charge is -2.24. The summed E-state index contributed by atoms with van der Waals surface area (Å²) in [6, 6.07) is 8.60. The van der Waals surface area contributed by atoms with E-state index in [0.29, 0.717) is 26.3 Å². The van der Waals surface area contributed by atoms with Crippen molar-refractivity contribution in [2.75, 3.05) is 4.90 Å². The number of aryl methyl sites for hydroxylation is 4. The third-order valence-corrected chi connectivity index (χ3v) is 7.85. The molecule has 4 aromatic rings. The number of aromatic nitrogens is 2. The minimum atomic E-state index is -0.954. The van der Waals surface area contributed by atoms with Crippen molar-refractivity contribution >= 4 is 49.7 Å². The van der Waals surface area contributed by atoms with Crippen molar-refractivity contribution in [1.82, 2.24) is 9.97 Å². The van der Waals surface area contributed by atoms with Crippen LogP contribution < -0.4 is 4.90 Å². The standard InChI is InChI=1S/C25H20FN3O3S2/c1-11-9-12(2)19-17(10-11)34-25(28-19)29-20(15-5-7-16(26)8-6-15)18(22(31)24(29)32)21(30)23-13(3)27-14(4)33-23/h5-10,20,31H,1-4H3. The first kappa shape index (κ1) is 22.4. The van der Waals surface area contributed by atoms with Gasteiger partial charge in [0.1, 0.15) is 5.82 Å². The average Bonchev–Trinajstić information content (AvgIpc) is 3.42. The molecule has 1 aliphatic rings. The lowest BCUT2D eigenvalue weighted by atomic mass is 9.95. The number of rotatable bonds is 4. The molecule has 0 radical (unpaired) electrons. The Kier molecular flexibility index (Phi) is 5.33. The average molecular weight is 494 g/mol. The molecule has 6 nitrogen and oxygen atoms in total. The van der Waals surface area contributed by atoms with Crippen molar-refractivity contribution in [3.05, 3.63) is 85.8 Å². The van der Waals surface area contributed by atoms with Crippen molar-refractivity contribution in [1.29, 1.82) is 0 Å². The van der Waals surface area contributed by atoms with E-state index < -0.39 is 29.3 Å². The fourth-order valence-electron chi connectivity index (χ4n) is 4.32. The van der Waals surface area contributed by atoms with E-state index in [2.05, 4.69) is 4.98 Å². The summed E-state index contributed by atoms with van der Waals surface area (Å²) in [5.74, 6) is -2.26. The van der Waals surface area contributed by atoms with Crippen LogP contribution in [-0.4, -0.2) is 26.8 Å². The molecule has 0 saturated heterocycles. The Morgan fingerprint density at radius 3 is 2.41 bits per heavy atom. The molecule has 9 heteroatoms. The Morgan fingerprint density at radius 1 is 1.06 bits per heavy atom. The smallest absolute Gasteiger partial charge is 0.296 e. The number of thiazole rings is 2. The molecule has 1 aliphatic heterocycles. The Balaban J connectivity index is 1.70.